The molecule has 3 aliphatic rings. The van der Waals surface area contributed by atoms with Gasteiger partial charge in [-0.05, 0) is 57.6 Å². The second kappa shape index (κ2) is 9.03. The molecule has 5 atom stereocenters. The Hall–Kier alpha value is -4.96. The van der Waals surface area contributed by atoms with Crippen molar-refractivity contribution in [1.82, 2.24) is 0 Å². The van der Waals surface area contributed by atoms with Crippen LogP contribution in [-0.2, 0) is 14.9 Å². The van der Waals surface area contributed by atoms with Crippen molar-refractivity contribution in [1.29, 1.82) is 0 Å². The first kappa shape index (κ1) is 23.9. The molecule has 4 heteroatoms. The Morgan fingerprint density at radius 3 is 1.66 bits per heavy atom. The van der Waals surface area contributed by atoms with Gasteiger partial charge >= 0.3 is 11.9 Å². The average molecular weight is 535 g/mol. The van der Waals surface area contributed by atoms with E-state index in [0.717, 1.165) is 16.7 Å². The Labute approximate surface area is 238 Å². The summed E-state index contributed by atoms with van der Waals surface area (Å²) in [6.07, 6.45) is -1.31. The zero-order chi connectivity index (χ0) is 27.6. The van der Waals surface area contributed by atoms with Crippen molar-refractivity contribution < 1.29 is 19.1 Å². The predicted molar refractivity (Wildman–Crippen MR) is 156 cm³/mol. The van der Waals surface area contributed by atoms with E-state index in [0.29, 0.717) is 11.1 Å². The Bertz CT molecular complexity index is 1800. The van der Waals surface area contributed by atoms with Crippen LogP contribution in [0.5, 0.6) is 0 Å². The molecule has 3 unspecified atom stereocenters. The fraction of sp³-hybridized carbons (Fsp3) is 0.135. The molecule has 0 saturated heterocycles. The fourth-order valence-corrected chi connectivity index (χ4v) is 7.64. The molecule has 4 nitrogen and oxygen atoms in total. The Morgan fingerprint density at radius 2 is 1.02 bits per heavy atom. The molecule has 3 aliphatic carbocycles. The van der Waals surface area contributed by atoms with Gasteiger partial charge in [-0.3, -0.25) is 0 Å². The van der Waals surface area contributed by atoms with E-state index in [1.165, 1.54) is 16.7 Å². The van der Waals surface area contributed by atoms with Gasteiger partial charge in [-0.25, -0.2) is 9.59 Å². The van der Waals surface area contributed by atoms with Crippen molar-refractivity contribution >= 4 is 11.9 Å². The lowest BCUT2D eigenvalue weighted by Gasteiger charge is -2.58. The molecule has 0 N–H and O–H groups in total. The van der Waals surface area contributed by atoms with E-state index in [1.54, 1.807) is 24.3 Å². The second-order valence-corrected chi connectivity index (χ2v) is 11.0. The van der Waals surface area contributed by atoms with Gasteiger partial charge in [0.1, 0.15) is 12.2 Å². The maximum atomic E-state index is 13.6. The van der Waals surface area contributed by atoms with Crippen molar-refractivity contribution in [3.8, 4) is 11.1 Å². The maximum Gasteiger partial charge on any atom is 0.338 e. The number of fused-ring (bicyclic) bond motifs is 4. The highest BCUT2D eigenvalue weighted by atomic mass is 16.6. The molecule has 198 valence electrons. The number of esters is 2. The van der Waals surface area contributed by atoms with E-state index in [9.17, 15) is 9.59 Å². The molecular weight excluding hydrogens is 508 g/mol. The summed E-state index contributed by atoms with van der Waals surface area (Å²) in [7, 11) is 0. The molecule has 1 spiro atoms. The van der Waals surface area contributed by atoms with E-state index in [4.69, 9.17) is 9.47 Å². The summed E-state index contributed by atoms with van der Waals surface area (Å²) >= 11 is 0. The van der Waals surface area contributed by atoms with Crippen LogP contribution < -0.4 is 0 Å². The lowest BCUT2D eigenvalue weighted by atomic mass is 9.43. The molecule has 0 radical (unpaired) electrons. The SMILES string of the molecule is O=C(OC1C(OC(=O)c2ccccc2)[C@H]2c3c(-c4ccccc4)cccc3[C@@]23c2ccccc2C13)c1ccccc1. The molecule has 1 saturated carbocycles. The first-order valence-corrected chi connectivity index (χ1v) is 14.0. The topological polar surface area (TPSA) is 52.6 Å². The Balaban J connectivity index is 1.30. The van der Waals surface area contributed by atoms with E-state index >= 15 is 0 Å². The number of hydrogen-bond acceptors (Lipinski definition) is 4. The van der Waals surface area contributed by atoms with Crippen molar-refractivity contribution in [2.45, 2.75) is 29.5 Å². The lowest BCUT2D eigenvalue weighted by molar-refractivity contribution is -0.0317. The summed E-state index contributed by atoms with van der Waals surface area (Å²) in [5.41, 5.74) is 7.57. The minimum Gasteiger partial charge on any atom is -0.454 e. The Morgan fingerprint density at radius 1 is 0.512 bits per heavy atom. The zero-order valence-electron chi connectivity index (χ0n) is 22.1. The number of rotatable bonds is 5. The van der Waals surface area contributed by atoms with E-state index in [-0.39, 0.29) is 17.3 Å². The monoisotopic (exact) mass is 534 g/mol. The minimum absolute atomic E-state index is 0.122. The molecule has 5 aromatic rings. The maximum absolute atomic E-state index is 13.6. The standard InChI is InChI=1S/C37H26O4/c38-35(24-15-6-2-7-16-24)40-33-31-27-19-10-11-21-28(27)37(31)29-22-12-20-26(23-13-4-1-5-14-23)30(29)32(37)34(33)41-36(39)25-17-8-3-9-18-25/h1-22,31-34H/t31?,32-,33?,34?,37-/m1/s1. The van der Waals surface area contributed by atoms with Gasteiger partial charge < -0.3 is 9.47 Å². The fourth-order valence-electron chi connectivity index (χ4n) is 7.64. The molecule has 0 bridgehead atoms. The van der Waals surface area contributed by atoms with Crippen LogP contribution in [-0.4, -0.2) is 24.1 Å². The largest absolute Gasteiger partial charge is 0.454 e. The third-order valence-electron chi connectivity index (χ3n) is 9.16. The normalized spacial score (nSPS) is 24.4. The quantitative estimate of drug-likeness (QED) is 0.222. The number of ether oxygens (including phenoxy) is 2. The van der Waals surface area contributed by atoms with E-state index in [1.807, 2.05) is 60.7 Å². The number of carbonyl (C=O) groups is 2. The van der Waals surface area contributed by atoms with Crippen LogP contribution in [0.4, 0.5) is 0 Å². The van der Waals surface area contributed by atoms with Gasteiger partial charge in [0.25, 0.3) is 0 Å². The predicted octanol–water partition coefficient (Wildman–Crippen LogP) is 7.30. The second-order valence-electron chi connectivity index (χ2n) is 11.0. The van der Waals surface area contributed by atoms with Gasteiger partial charge in [-0.2, -0.15) is 0 Å². The van der Waals surface area contributed by atoms with Gasteiger partial charge in [0, 0.05) is 17.3 Å². The highest BCUT2D eigenvalue weighted by Gasteiger charge is 2.76. The number of benzene rings is 5. The highest BCUT2D eigenvalue weighted by Crippen LogP contribution is 2.77. The molecule has 8 rings (SSSR count). The molecule has 0 amide bonds. The summed E-state index contributed by atoms with van der Waals surface area (Å²) in [5, 5.41) is 0. The summed E-state index contributed by atoms with van der Waals surface area (Å²) in [6, 6.07) is 43.2. The average Bonchev–Trinajstić information content (AvgIpc) is 3.21. The number of hydrogen-bond donors (Lipinski definition) is 0. The first-order chi connectivity index (χ1) is 20.2. The molecule has 1 fully saturated rings. The summed E-state index contributed by atoms with van der Waals surface area (Å²) in [5.74, 6) is -1.11. The van der Waals surface area contributed by atoms with Crippen LogP contribution in [0.1, 0.15) is 54.8 Å². The third kappa shape index (κ3) is 3.28. The Kier molecular flexibility index (Phi) is 5.26. The third-order valence-corrected chi connectivity index (χ3v) is 9.16. The van der Waals surface area contributed by atoms with Crippen molar-refractivity contribution in [2.24, 2.45) is 0 Å². The first-order valence-electron chi connectivity index (χ1n) is 14.0. The minimum atomic E-state index is -0.662. The summed E-state index contributed by atoms with van der Waals surface area (Å²) in [4.78, 5) is 27.1. The van der Waals surface area contributed by atoms with E-state index < -0.39 is 24.1 Å². The van der Waals surface area contributed by atoms with E-state index in [2.05, 4.69) is 48.5 Å². The van der Waals surface area contributed by atoms with Crippen LogP contribution in [0.3, 0.4) is 0 Å². The lowest BCUT2D eigenvalue weighted by Crippen LogP contribution is -2.54. The molecular formula is C37H26O4. The molecule has 5 aromatic carbocycles. The summed E-state index contributed by atoms with van der Waals surface area (Å²) in [6.45, 7) is 0. The van der Waals surface area contributed by atoms with Gasteiger partial charge in [0.15, 0.2) is 0 Å². The van der Waals surface area contributed by atoms with Gasteiger partial charge in [0.05, 0.1) is 11.1 Å². The van der Waals surface area contributed by atoms with Crippen molar-refractivity contribution in [2.75, 3.05) is 0 Å². The van der Waals surface area contributed by atoms with Crippen molar-refractivity contribution in [3.05, 3.63) is 167 Å². The van der Waals surface area contributed by atoms with Crippen LogP contribution in [0, 0.1) is 0 Å². The van der Waals surface area contributed by atoms with Gasteiger partial charge in [-0.1, -0.05) is 109 Å². The summed E-state index contributed by atoms with van der Waals surface area (Å²) < 4.78 is 12.8. The van der Waals surface area contributed by atoms with Crippen LogP contribution in [0.25, 0.3) is 11.1 Å². The van der Waals surface area contributed by atoms with Crippen molar-refractivity contribution in [3.63, 3.8) is 0 Å². The van der Waals surface area contributed by atoms with Crippen LogP contribution >= 0.6 is 0 Å². The van der Waals surface area contributed by atoms with Crippen LogP contribution in [0.15, 0.2) is 133 Å². The molecule has 0 aromatic heterocycles. The van der Waals surface area contributed by atoms with Crippen LogP contribution in [0.2, 0.25) is 0 Å². The number of carbonyl (C=O) groups excluding carboxylic acids is 2. The molecule has 0 heterocycles. The molecule has 41 heavy (non-hydrogen) atoms. The smallest absolute Gasteiger partial charge is 0.338 e. The highest BCUT2D eigenvalue weighted by molar-refractivity contribution is 5.91. The van der Waals surface area contributed by atoms with Gasteiger partial charge in [-0.15, -0.1) is 0 Å². The molecule has 0 aliphatic heterocycles. The zero-order valence-corrected chi connectivity index (χ0v) is 22.1. The van der Waals surface area contributed by atoms with Gasteiger partial charge in [0.2, 0.25) is 0 Å².